The average Bonchev–Trinajstić information content (AvgIpc) is 1.89. The van der Waals surface area contributed by atoms with Gasteiger partial charge < -0.3 is 5.73 Å². The van der Waals surface area contributed by atoms with Gasteiger partial charge in [0.1, 0.15) is 0 Å². The van der Waals surface area contributed by atoms with Crippen LogP contribution in [-0.2, 0) is 6.54 Å². The van der Waals surface area contributed by atoms with E-state index in [0.717, 1.165) is 5.56 Å². The summed E-state index contributed by atoms with van der Waals surface area (Å²) in [7, 11) is 0. The van der Waals surface area contributed by atoms with E-state index in [1.807, 2.05) is 6.07 Å². The molecule has 1 rings (SSSR count). The minimum atomic E-state index is 0.458. The summed E-state index contributed by atoms with van der Waals surface area (Å²) < 4.78 is 0. The summed E-state index contributed by atoms with van der Waals surface area (Å²) in [4.78, 5) is 0. The Labute approximate surface area is 59.4 Å². The van der Waals surface area contributed by atoms with Crippen molar-refractivity contribution in [1.29, 1.82) is 0 Å². The normalized spacial score (nSPS) is 9.56. The molecular weight excluding hydrogens is 134 g/mol. The fraction of sp³-hybridized carbons (Fsp3) is 0.143. The van der Waals surface area contributed by atoms with Crippen LogP contribution in [0.3, 0.4) is 0 Å². The predicted molar refractivity (Wildman–Crippen MR) is 38.2 cm³/mol. The van der Waals surface area contributed by atoms with Gasteiger partial charge in [-0.25, -0.2) is 0 Å². The Hall–Kier alpha value is -0.530. The van der Waals surface area contributed by atoms with Crippen molar-refractivity contribution in [3.05, 3.63) is 34.9 Å². The molecule has 0 bridgehead atoms. The summed E-state index contributed by atoms with van der Waals surface area (Å²) in [5.74, 6) is 0. The summed E-state index contributed by atoms with van der Waals surface area (Å²) in [6, 6.07) is 8.37. The number of hydrogen-bond donors (Lipinski definition) is 1. The molecule has 0 aliphatic carbocycles. The molecule has 0 aliphatic rings. The van der Waals surface area contributed by atoms with Crippen molar-refractivity contribution >= 4 is 11.6 Å². The van der Waals surface area contributed by atoms with Gasteiger partial charge in [0.15, 0.2) is 0 Å². The van der Waals surface area contributed by atoms with Gasteiger partial charge >= 0.3 is 0 Å². The van der Waals surface area contributed by atoms with Crippen molar-refractivity contribution in [3.8, 4) is 0 Å². The maximum Gasteiger partial charge on any atom is 0.0457 e. The van der Waals surface area contributed by atoms with E-state index >= 15 is 0 Å². The summed E-state index contributed by atoms with van der Waals surface area (Å²) in [5, 5.41) is 0.694. The Bertz CT molecular complexity index is 198. The van der Waals surface area contributed by atoms with E-state index in [9.17, 15) is 0 Å². The Morgan fingerprint density at radius 3 is 2.89 bits per heavy atom. The highest BCUT2D eigenvalue weighted by Gasteiger charge is 1.92. The Kier molecular flexibility index (Phi) is 2.09. The van der Waals surface area contributed by atoms with Crippen LogP contribution in [0, 0.1) is 6.07 Å². The highest BCUT2D eigenvalue weighted by molar-refractivity contribution is 6.31. The fourth-order valence-electron chi connectivity index (χ4n) is 0.607. The van der Waals surface area contributed by atoms with Gasteiger partial charge in [0, 0.05) is 11.6 Å². The third-order valence-electron chi connectivity index (χ3n) is 1.09. The number of hydrogen-bond acceptors (Lipinski definition) is 1. The molecule has 47 valence electrons. The zero-order chi connectivity index (χ0) is 6.69. The molecule has 9 heavy (non-hydrogen) atoms. The van der Waals surface area contributed by atoms with E-state index in [1.54, 1.807) is 12.1 Å². The van der Waals surface area contributed by atoms with Crippen molar-refractivity contribution in [2.75, 3.05) is 0 Å². The molecule has 0 saturated carbocycles. The van der Waals surface area contributed by atoms with E-state index in [1.165, 1.54) is 0 Å². The minimum Gasteiger partial charge on any atom is -0.326 e. The molecule has 0 aliphatic heterocycles. The quantitative estimate of drug-likeness (QED) is 0.630. The van der Waals surface area contributed by atoms with E-state index in [2.05, 4.69) is 6.07 Å². The number of nitrogens with two attached hydrogens (primary N) is 1. The first-order valence-electron chi connectivity index (χ1n) is 2.69. The number of rotatable bonds is 1. The topological polar surface area (TPSA) is 26.0 Å². The van der Waals surface area contributed by atoms with Gasteiger partial charge in [0.2, 0.25) is 0 Å². The summed E-state index contributed by atoms with van der Waals surface area (Å²) in [5.41, 5.74) is 6.21. The van der Waals surface area contributed by atoms with Crippen LogP contribution in [0.4, 0.5) is 0 Å². The van der Waals surface area contributed by atoms with Crippen LogP contribution in [0.5, 0.6) is 0 Å². The molecule has 0 fully saturated rings. The molecule has 0 atom stereocenters. The van der Waals surface area contributed by atoms with Crippen molar-refractivity contribution in [2.24, 2.45) is 5.73 Å². The van der Waals surface area contributed by atoms with E-state index in [-0.39, 0.29) is 0 Å². The molecule has 0 heterocycles. The first kappa shape index (κ1) is 6.59. The number of benzene rings is 1. The van der Waals surface area contributed by atoms with Crippen molar-refractivity contribution < 1.29 is 0 Å². The number of halogens is 1. The lowest BCUT2D eigenvalue weighted by Gasteiger charge is -1.95. The largest absolute Gasteiger partial charge is 0.326 e. The highest BCUT2D eigenvalue weighted by atomic mass is 35.5. The molecule has 1 aromatic rings. The van der Waals surface area contributed by atoms with E-state index < -0.39 is 0 Å². The van der Waals surface area contributed by atoms with Crippen molar-refractivity contribution in [3.63, 3.8) is 0 Å². The molecule has 0 unspecified atom stereocenters. The molecule has 1 nitrogen and oxygen atoms in total. The summed E-state index contributed by atoms with van der Waals surface area (Å²) >= 11 is 5.71. The first-order chi connectivity index (χ1) is 4.34. The van der Waals surface area contributed by atoms with Crippen LogP contribution in [-0.4, -0.2) is 0 Å². The summed E-state index contributed by atoms with van der Waals surface area (Å²) in [6.07, 6.45) is 0. The van der Waals surface area contributed by atoms with Gasteiger partial charge in [-0.2, -0.15) is 0 Å². The lowest BCUT2D eigenvalue weighted by Crippen LogP contribution is -1.96. The molecular formula is C7H7ClN. The molecule has 0 saturated heterocycles. The van der Waals surface area contributed by atoms with Crippen LogP contribution < -0.4 is 5.73 Å². The van der Waals surface area contributed by atoms with Crippen molar-refractivity contribution in [2.45, 2.75) is 6.54 Å². The second-order valence-electron chi connectivity index (χ2n) is 1.70. The Morgan fingerprint density at radius 1 is 1.67 bits per heavy atom. The minimum absolute atomic E-state index is 0.458. The predicted octanol–water partition coefficient (Wildman–Crippen LogP) is 1.60. The summed E-state index contributed by atoms with van der Waals surface area (Å²) in [6.45, 7) is 0.458. The van der Waals surface area contributed by atoms with Gasteiger partial charge in [-0.15, -0.1) is 0 Å². The van der Waals surface area contributed by atoms with Gasteiger partial charge in [-0.05, 0) is 17.7 Å². The maximum absolute atomic E-state index is 5.71. The molecule has 1 radical (unpaired) electrons. The smallest absolute Gasteiger partial charge is 0.0457 e. The zero-order valence-electron chi connectivity index (χ0n) is 4.89. The lowest BCUT2D eigenvalue weighted by atomic mass is 10.2. The molecule has 2 heteroatoms. The molecule has 0 aromatic heterocycles. The highest BCUT2D eigenvalue weighted by Crippen LogP contribution is 2.12. The zero-order valence-corrected chi connectivity index (χ0v) is 5.65. The van der Waals surface area contributed by atoms with Crippen LogP contribution in [0.1, 0.15) is 5.56 Å². The monoisotopic (exact) mass is 140 g/mol. The first-order valence-corrected chi connectivity index (χ1v) is 3.07. The molecule has 0 amide bonds. The SMILES string of the molecule is NCc1[c]cccc1Cl. The Balaban J connectivity index is 3.01. The second-order valence-corrected chi connectivity index (χ2v) is 2.11. The third-order valence-corrected chi connectivity index (χ3v) is 1.44. The van der Waals surface area contributed by atoms with Gasteiger partial charge in [-0.3, -0.25) is 0 Å². The molecule has 0 spiro atoms. The van der Waals surface area contributed by atoms with Crippen LogP contribution in [0.25, 0.3) is 0 Å². The van der Waals surface area contributed by atoms with Crippen LogP contribution >= 0.6 is 11.6 Å². The molecule has 2 N–H and O–H groups in total. The van der Waals surface area contributed by atoms with E-state index in [4.69, 9.17) is 17.3 Å². The van der Waals surface area contributed by atoms with Gasteiger partial charge in [-0.1, -0.05) is 23.7 Å². The second kappa shape index (κ2) is 2.85. The van der Waals surface area contributed by atoms with Crippen LogP contribution in [0.2, 0.25) is 5.02 Å². The Morgan fingerprint density at radius 2 is 2.44 bits per heavy atom. The van der Waals surface area contributed by atoms with Gasteiger partial charge in [0.05, 0.1) is 0 Å². The van der Waals surface area contributed by atoms with E-state index in [0.29, 0.717) is 11.6 Å². The van der Waals surface area contributed by atoms with Crippen molar-refractivity contribution in [1.82, 2.24) is 0 Å². The molecule has 1 aromatic carbocycles. The average molecular weight is 141 g/mol. The fourth-order valence-corrected chi connectivity index (χ4v) is 0.812. The lowest BCUT2D eigenvalue weighted by molar-refractivity contribution is 1.07. The third kappa shape index (κ3) is 1.44. The van der Waals surface area contributed by atoms with Gasteiger partial charge in [0.25, 0.3) is 0 Å². The standard InChI is InChI=1S/C7H7ClN/c8-7-4-2-1-3-6(7)5-9/h1-2,4H,5,9H2. The van der Waals surface area contributed by atoms with Crippen LogP contribution in [0.15, 0.2) is 18.2 Å². The maximum atomic E-state index is 5.71.